The largest absolute Gasteiger partial charge is 0.496 e. The third kappa shape index (κ3) is 5.20. The summed E-state index contributed by atoms with van der Waals surface area (Å²) in [5.74, 6) is 0.200. The molecule has 1 heterocycles. The maximum Gasteiger partial charge on any atom is 0.240 e. The number of ether oxygens (including phenoxy) is 1. The zero-order valence-corrected chi connectivity index (χ0v) is 16.3. The van der Waals surface area contributed by atoms with Gasteiger partial charge < -0.3 is 15.4 Å². The van der Waals surface area contributed by atoms with Gasteiger partial charge in [0.1, 0.15) is 11.0 Å². The number of thioether (sulfide) groups is 1. The molecule has 2 amide bonds. The molecule has 1 aliphatic heterocycles. The van der Waals surface area contributed by atoms with E-state index in [0.29, 0.717) is 16.6 Å². The van der Waals surface area contributed by atoms with Gasteiger partial charge >= 0.3 is 0 Å². The fraction of sp³-hybridized carbons (Fsp3) is 0.200. The standard InChI is InChI=1S/C20H20N4O3S/c1-13-7-9-15(10-8-13)22-18(25)11-17-19(26)23-20(28-17)24-21-12-14-5-3-4-6-16(14)27-2/h3-10,12,17H,11H2,1-2H3,(H,22,25)(H,23,24,26)/b21-12+. The molecule has 1 fully saturated rings. The molecular formula is C20H20N4O3S. The lowest BCUT2D eigenvalue weighted by Crippen LogP contribution is -2.28. The average Bonchev–Trinajstić information content (AvgIpc) is 3.03. The second kappa shape index (κ2) is 9.18. The van der Waals surface area contributed by atoms with Crippen molar-refractivity contribution in [2.45, 2.75) is 18.6 Å². The Balaban J connectivity index is 1.57. The third-order valence-corrected chi connectivity index (χ3v) is 5.04. The van der Waals surface area contributed by atoms with Gasteiger partial charge in [0.05, 0.1) is 13.3 Å². The summed E-state index contributed by atoms with van der Waals surface area (Å²) in [6.07, 6.45) is 1.61. The smallest absolute Gasteiger partial charge is 0.240 e. The van der Waals surface area contributed by atoms with Crippen molar-refractivity contribution in [3.8, 4) is 5.75 Å². The molecule has 0 bridgehead atoms. The van der Waals surface area contributed by atoms with Gasteiger partial charge in [0.15, 0.2) is 5.17 Å². The molecule has 8 heteroatoms. The highest BCUT2D eigenvalue weighted by molar-refractivity contribution is 8.15. The fourth-order valence-corrected chi connectivity index (χ4v) is 3.44. The van der Waals surface area contributed by atoms with Gasteiger partial charge in [-0.25, -0.2) is 0 Å². The first kappa shape index (κ1) is 19.6. The lowest BCUT2D eigenvalue weighted by molar-refractivity contribution is -0.122. The van der Waals surface area contributed by atoms with Gasteiger partial charge in [-0.15, -0.1) is 5.10 Å². The number of methoxy groups -OCH3 is 1. The Morgan fingerprint density at radius 1 is 1.25 bits per heavy atom. The summed E-state index contributed by atoms with van der Waals surface area (Å²) in [6.45, 7) is 1.97. The van der Waals surface area contributed by atoms with Crippen molar-refractivity contribution in [2.75, 3.05) is 12.4 Å². The van der Waals surface area contributed by atoms with Crippen LogP contribution in [0.25, 0.3) is 0 Å². The monoisotopic (exact) mass is 396 g/mol. The number of anilines is 1. The molecule has 0 aliphatic carbocycles. The molecule has 144 valence electrons. The molecule has 0 saturated carbocycles. The Morgan fingerprint density at radius 3 is 2.75 bits per heavy atom. The summed E-state index contributed by atoms with van der Waals surface area (Å²) in [7, 11) is 1.58. The van der Waals surface area contributed by atoms with Gasteiger partial charge in [-0.3, -0.25) is 9.59 Å². The first-order valence-corrected chi connectivity index (χ1v) is 9.51. The van der Waals surface area contributed by atoms with Crippen LogP contribution in [0, 0.1) is 6.92 Å². The number of hydrogen-bond acceptors (Lipinski definition) is 6. The number of nitrogens with zero attached hydrogens (tertiary/aromatic N) is 2. The summed E-state index contributed by atoms with van der Waals surface area (Å²) in [5, 5.41) is 13.3. The Morgan fingerprint density at radius 2 is 2.00 bits per heavy atom. The van der Waals surface area contributed by atoms with Gasteiger partial charge in [-0.2, -0.15) is 5.10 Å². The van der Waals surface area contributed by atoms with Crippen molar-refractivity contribution in [3.63, 3.8) is 0 Å². The van der Waals surface area contributed by atoms with Crippen LogP contribution >= 0.6 is 11.8 Å². The highest BCUT2D eigenvalue weighted by Crippen LogP contribution is 2.23. The van der Waals surface area contributed by atoms with Gasteiger partial charge in [-0.1, -0.05) is 41.6 Å². The molecule has 7 nitrogen and oxygen atoms in total. The predicted octanol–water partition coefficient (Wildman–Crippen LogP) is 2.95. The maximum atomic E-state index is 12.2. The van der Waals surface area contributed by atoms with E-state index in [1.807, 2.05) is 55.5 Å². The molecule has 1 aliphatic rings. The first-order chi connectivity index (χ1) is 13.5. The van der Waals surface area contributed by atoms with Crippen LogP contribution in [0.4, 0.5) is 5.69 Å². The van der Waals surface area contributed by atoms with Crippen molar-refractivity contribution in [1.29, 1.82) is 0 Å². The molecule has 1 atom stereocenters. The zero-order chi connectivity index (χ0) is 19.9. The van der Waals surface area contributed by atoms with Crippen LogP contribution < -0.4 is 15.4 Å². The van der Waals surface area contributed by atoms with Crippen LogP contribution in [0.2, 0.25) is 0 Å². The summed E-state index contributed by atoms with van der Waals surface area (Å²) < 4.78 is 5.24. The van der Waals surface area contributed by atoms with E-state index in [1.54, 1.807) is 13.3 Å². The van der Waals surface area contributed by atoms with E-state index >= 15 is 0 Å². The number of carbonyl (C=O) groups excluding carboxylic acids is 2. The van der Waals surface area contributed by atoms with E-state index in [2.05, 4.69) is 20.8 Å². The number of amides is 2. The number of aryl methyl sites for hydroxylation is 1. The minimum atomic E-state index is -0.536. The Hall–Kier alpha value is -3.13. The molecule has 2 N–H and O–H groups in total. The molecule has 1 unspecified atom stereocenters. The number of hydrogen-bond donors (Lipinski definition) is 2. The lowest BCUT2D eigenvalue weighted by Gasteiger charge is -2.07. The van der Waals surface area contributed by atoms with E-state index in [1.165, 1.54) is 11.8 Å². The number of amidine groups is 1. The van der Waals surface area contributed by atoms with Crippen molar-refractivity contribution in [3.05, 3.63) is 59.7 Å². The number of para-hydroxylation sites is 1. The van der Waals surface area contributed by atoms with E-state index in [9.17, 15) is 9.59 Å². The van der Waals surface area contributed by atoms with E-state index < -0.39 is 5.25 Å². The van der Waals surface area contributed by atoms with Gasteiger partial charge in [0.25, 0.3) is 0 Å². The number of nitrogens with one attached hydrogen (secondary N) is 2. The Bertz CT molecular complexity index is 925. The molecular weight excluding hydrogens is 376 g/mol. The normalized spacial score (nSPS) is 17.7. The van der Waals surface area contributed by atoms with Gasteiger partial charge in [0.2, 0.25) is 11.8 Å². The van der Waals surface area contributed by atoms with Crippen molar-refractivity contribution >= 4 is 40.6 Å². The van der Waals surface area contributed by atoms with Crippen molar-refractivity contribution < 1.29 is 14.3 Å². The van der Waals surface area contributed by atoms with Crippen LogP contribution in [0.15, 0.2) is 58.7 Å². The molecule has 1 saturated heterocycles. The van der Waals surface area contributed by atoms with Crippen molar-refractivity contribution in [1.82, 2.24) is 5.32 Å². The van der Waals surface area contributed by atoms with Gasteiger partial charge in [0, 0.05) is 17.7 Å². The minimum Gasteiger partial charge on any atom is -0.496 e. The number of benzene rings is 2. The third-order valence-electron chi connectivity index (χ3n) is 3.97. The van der Waals surface area contributed by atoms with Crippen LogP contribution in [0.1, 0.15) is 17.5 Å². The topological polar surface area (TPSA) is 92.2 Å². The summed E-state index contributed by atoms with van der Waals surface area (Å²) >= 11 is 1.19. The summed E-state index contributed by atoms with van der Waals surface area (Å²) in [6, 6.07) is 14.9. The van der Waals surface area contributed by atoms with Crippen LogP contribution in [-0.2, 0) is 9.59 Å². The summed E-state index contributed by atoms with van der Waals surface area (Å²) in [5.41, 5.74) is 2.59. The molecule has 2 aromatic rings. The maximum absolute atomic E-state index is 12.2. The second-order valence-electron chi connectivity index (χ2n) is 6.11. The molecule has 0 radical (unpaired) electrons. The minimum absolute atomic E-state index is 0.0552. The predicted molar refractivity (Wildman–Crippen MR) is 112 cm³/mol. The zero-order valence-electron chi connectivity index (χ0n) is 15.5. The van der Waals surface area contributed by atoms with Crippen LogP contribution in [0.3, 0.4) is 0 Å². The summed E-state index contributed by atoms with van der Waals surface area (Å²) in [4.78, 5) is 24.3. The highest BCUT2D eigenvalue weighted by Gasteiger charge is 2.32. The van der Waals surface area contributed by atoms with Gasteiger partial charge in [-0.05, 0) is 31.2 Å². The quantitative estimate of drug-likeness (QED) is 0.580. The van der Waals surface area contributed by atoms with Crippen LogP contribution in [0.5, 0.6) is 5.75 Å². The van der Waals surface area contributed by atoms with Crippen molar-refractivity contribution in [2.24, 2.45) is 10.2 Å². The molecule has 3 rings (SSSR count). The fourth-order valence-electron chi connectivity index (χ4n) is 2.52. The highest BCUT2D eigenvalue weighted by atomic mass is 32.2. The lowest BCUT2D eigenvalue weighted by atomic mass is 10.2. The van der Waals surface area contributed by atoms with E-state index in [0.717, 1.165) is 11.1 Å². The average molecular weight is 396 g/mol. The first-order valence-electron chi connectivity index (χ1n) is 8.63. The molecule has 2 aromatic carbocycles. The number of rotatable bonds is 6. The Labute approximate surface area is 167 Å². The SMILES string of the molecule is COc1ccccc1/C=N/N=C1/NC(=O)C(CC(=O)Nc2ccc(C)cc2)S1. The van der Waals surface area contributed by atoms with E-state index in [4.69, 9.17) is 4.74 Å². The molecule has 28 heavy (non-hydrogen) atoms. The van der Waals surface area contributed by atoms with Crippen LogP contribution in [-0.4, -0.2) is 35.6 Å². The number of carbonyl (C=O) groups is 2. The molecule has 0 spiro atoms. The molecule has 0 aromatic heterocycles. The second-order valence-corrected chi connectivity index (χ2v) is 7.30. The van der Waals surface area contributed by atoms with E-state index in [-0.39, 0.29) is 18.2 Å². The Kier molecular flexibility index (Phi) is 6.44.